The standard InChI is InChI=1S/C14H18ClNO/c1-10(12-6-7-12)16-14(17)8-5-11-3-2-4-13(15)9-11/h2-4,9-10,12H,5-8H2,1H3,(H,16,17). The van der Waals surface area contributed by atoms with Gasteiger partial charge in [0.25, 0.3) is 0 Å². The molecule has 1 N–H and O–H groups in total. The molecular formula is C14H18ClNO. The van der Waals surface area contributed by atoms with E-state index in [1.54, 1.807) is 0 Å². The molecular weight excluding hydrogens is 234 g/mol. The lowest BCUT2D eigenvalue weighted by molar-refractivity contribution is -0.121. The maximum absolute atomic E-state index is 11.7. The van der Waals surface area contributed by atoms with Crippen LogP contribution in [0.25, 0.3) is 0 Å². The number of carbonyl (C=O) groups excluding carboxylic acids is 1. The van der Waals surface area contributed by atoms with E-state index < -0.39 is 0 Å². The van der Waals surface area contributed by atoms with E-state index >= 15 is 0 Å². The van der Waals surface area contributed by atoms with E-state index in [0.717, 1.165) is 17.0 Å². The van der Waals surface area contributed by atoms with Crippen molar-refractivity contribution in [1.82, 2.24) is 5.32 Å². The molecule has 0 saturated heterocycles. The molecule has 0 bridgehead atoms. The fourth-order valence-corrected chi connectivity index (χ4v) is 2.20. The predicted octanol–water partition coefficient (Wildman–Crippen LogP) is 3.19. The molecule has 92 valence electrons. The molecule has 2 rings (SSSR count). The Kier molecular flexibility index (Phi) is 4.06. The van der Waals surface area contributed by atoms with Gasteiger partial charge in [-0.15, -0.1) is 0 Å². The summed E-state index contributed by atoms with van der Waals surface area (Å²) < 4.78 is 0. The van der Waals surface area contributed by atoms with E-state index in [0.29, 0.717) is 18.4 Å². The average Bonchev–Trinajstić information content (AvgIpc) is 3.10. The summed E-state index contributed by atoms with van der Waals surface area (Å²) in [4.78, 5) is 11.7. The molecule has 1 aromatic carbocycles. The van der Waals surface area contributed by atoms with Crippen molar-refractivity contribution in [3.05, 3.63) is 34.9 Å². The number of hydrogen-bond donors (Lipinski definition) is 1. The maximum Gasteiger partial charge on any atom is 0.220 e. The number of hydrogen-bond acceptors (Lipinski definition) is 1. The predicted molar refractivity (Wildman–Crippen MR) is 70.1 cm³/mol. The normalized spacial score (nSPS) is 16.6. The number of benzene rings is 1. The van der Waals surface area contributed by atoms with Crippen molar-refractivity contribution in [1.29, 1.82) is 0 Å². The zero-order valence-electron chi connectivity index (χ0n) is 10.1. The van der Waals surface area contributed by atoms with Crippen LogP contribution < -0.4 is 5.32 Å². The van der Waals surface area contributed by atoms with Gasteiger partial charge in [0.2, 0.25) is 5.91 Å². The van der Waals surface area contributed by atoms with Gasteiger partial charge in [0.1, 0.15) is 0 Å². The minimum Gasteiger partial charge on any atom is -0.353 e. The van der Waals surface area contributed by atoms with Crippen molar-refractivity contribution in [2.45, 2.75) is 38.6 Å². The van der Waals surface area contributed by atoms with Crippen LogP contribution in [-0.2, 0) is 11.2 Å². The Morgan fingerprint density at radius 3 is 2.94 bits per heavy atom. The average molecular weight is 252 g/mol. The molecule has 0 spiro atoms. The van der Waals surface area contributed by atoms with Gasteiger partial charge in [-0.05, 0) is 49.8 Å². The molecule has 1 fully saturated rings. The first-order valence-electron chi connectivity index (χ1n) is 6.19. The summed E-state index contributed by atoms with van der Waals surface area (Å²) in [6, 6.07) is 8.02. The van der Waals surface area contributed by atoms with Gasteiger partial charge >= 0.3 is 0 Å². The van der Waals surface area contributed by atoms with Crippen molar-refractivity contribution >= 4 is 17.5 Å². The van der Waals surface area contributed by atoms with Crippen LogP contribution in [0.2, 0.25) is 5.02 Å². The molecule has 1 saturated carbocycles. The van der Waals surface area contributed by atoms with Gasteiger partial charge in [-0.3, -0.25) is 4.79 Å². The largest absolute Gasteiger partial charge is 0.353 e. The van der Waals surface area contributed by atoms with Crippen molar-refractivity contribution in [3.63, 3.8) is 0 Å². The van der Waals surface area contributed by atoms with E-state index in [2.05, 4.69) is 12.2 Å². The molecule has 1 atom stereocenters. The van der Waals surface area contributed by atoms with Crippen LogP contribution >= 0.6 is 11.6 Å². The van der Waals surface area contributed by atoms with E-state index in [9.17, 15) is 4.79 Å². The van der Waals surface area contributed by atoms with Crippen molar-refractivity contribution in [2.75, 3.05) is 0 Å². The van der Waals surface area contributed by atoms with Crippen LogP contribution in [0.3, 0.4) is 0 Å². The number of halogens is 1. The Labute approximate surface area is 107 Å². The Morgan fingerprint density at radius 1 is 1.53 bits per heavy atom. The molecule has 0 radical (unpaired) electrons. The van der Waals surface area contributed by atoms with Gasteiger partial charge in [-0.1, -0.05) is 23.7 Å². The van der Waals surface area contributed by atoms with Crippen molar-refractivity contribution < 1.29 is 4.79 Å². The number of rotatable bonds is 5. The molecule has 0 aromatic heterocycles. The zero-order chi connectivity index (χ0) is 12.3. The maximum atomic E-state index is 11.7. The summed E-state index contributed by atoms with van der Waals surface area (Å²) in [5.74, 6) is 0.856. The van der Waals surface area contributed by atoms with Gasteiger partial charge in [0, 0.05) is 17.5 Å². The fourth-order valence-electron chi connectivity index (χ4n) is 1.99. The lowest BCUT2D eigenvalue weighted by Gasteiger charge is -2.12. The van der Waals surface area contributed by atoms with Crippen LogP contribution in [0, 0.1) is 5.92 Å². The third kappa shape index (κ3) is 4.04. The Hall–Kier alpha value is -1.02. The Bertz CT molecular complexity index is 401. The molecule has 3 heteroatoms. The van der Waals surface area contributed by atoms with Crippen LogP contribution in [0.15, 0.2) is 24.3 Å². The third-order valence-corrected chi connectivity index (χ3v) is 3.48. The second-order valence-electron chi connectivity index (χ2n) is 4.82. The molecule has 1 aliphatic rings. The van der Waals surface area contributed by atoms with E-state index in [4.69, 9.17) is 11.6 Å². The van der Waals surface area contributed by atoms with Gasteiger partial charge in [0.05, 0.1) is 0 Å². The minimum atomic E-state index is 0.143. The molecule has 1 unspecified atom stereocenters. The summed E-state index contributed by atoms with van der Waals surface area (Å²) in [5, 5.41) is 3.79. The number of amides is 1. The van der Waals surface area contributed by atoms with Crippen LogP contribution in [0.1, 0.15) is 31.7 Å². The fraction of sp³-hybridized carbons (Fsp3) is 0.500. The SMILES string of the molecule is CC(NC(=O)CCc1cccc(Cl)c1)C1CC1. The first-order valence-corrected chi connectivity index (χ1v) is 6.57. The highest BCUT2D eigenvalue weighted by molar-refractivity contribution is 6.30. The van der Waals surface area contributed by atoms with Crippen LogP contribution in [-0.4, -0.2) is 11.9 Å². The zero-order valence-corrected chi connectivity index (χ0v) is 10.8. The smallest absolute Gasteiger partial charge is 0.220 e. The van der Waals surface area contributed by atoms with Crippen LogP contribution in [0.4, 0.5) is 0 Å². The molecule has 2 nitrogen and oxygen atoms in total. The van der Waals surface area contributed by atoms with Gasteiger partial charge < -0.3 is 5.32 Å². The highest BCUT2D eigenvalue weighted by Crippen LogP contribution is 2.32. The lowest BCUT2D eigenvalue weighted by atomic mass is 10.1. The van der Waals surface area contributed by atoms with Crippen molar-refractivity contribution in [2.24, 2.45) is 5.92 Å². The summed E-state index contributed by atoms with van der Waals surface area (Å²) in [6.07, 6.45) is 3.81. The van der Waals surface area contributed by atoms with Gasteiger partial charge in [-0.25, -0.2) is 0 Å². The second kappa shape index (κ2) is 5.54. The summed E-state index contributed by atoms with van der Waals surface area (Å²) in [5.41, 5.74) is 1.12. The second-order valence-corrected chi connectivity index (χ2v) is 5.26. The van der Waals surface area contributed by atoms with E-state index in [-0.39, 0.29) is 5.91 Å². The van der Waals surface area contributed by atoms with E-state index in [1.165, 1.54) is 12.8 Å². The molecule has 1 amide bonds. The molecule has 0 aliphatic heterocycles. The summed E-state index contributed by atoms with van der Waals surface area (Å²) >= 11 is 5.89. The number of nitrogens with one attached hydrogen (secondary N) is 1. The lowest BCUT2D eigenvalue weighted by Crippen LogP contribution is -2.34. The Balaban J connectivity index is 1.75. The summed E-state index contributed by atoms with van der Waals surface area (Å²) in [7, 11) is 0. The number of carbonyl (C=O) groups is 1. The minimum absolute atomic E-state index is 0.143. The summed E-state index contributed by atoms with van der Waals surface area (Å²) in [6.45, 7) is 2.09. The van der Waals surface area contributed by atoms with Gasteiger partial charge in [-0.2, -0.15) is 0 Å². The quantitative estimate of drug-likeness (QED) is 0.856. The first kappa shape index (κ1) is 12.4. The van der Waals surface area contributed by atoms with E-state index in [1.807, 2.05) is 24.3 Å². The molecule has 1 aliphatic carbocycles. The Morgan fingerprint density at radius 2 is 2.29 bits per heavy atom. The molecule has 0 heterocycles. The monoisotopic (exact) mass is 251 g/mol. The highest BCUT2D eigenvalue weighted by atomic mass is 35.5. The first-order chi connectivity index (χ1) is 8.15. The van der Waals surface area contributed by atoms with Gasteiger partial charge in [0.15, 0.2) is 0 Å². The third-order valence-electron chi connectivity index (χ3n) is 3.25. The number of aryl methyl sites for hydroxylation is 1. The molecule has 1 aromatic rings. The van der Waals surface area contributed by atoms with Crippen molar-refractivity contribution in [3.8, 4) is 0 Å². The topological polar surface area (TPSA) is 29.1 Å². The van der Waals surface area contributed by atoms with Crippen LogP contribution in [0.5, 0.6) is 0 Å². The highest BCUT2D eigenvalue weighted by Gasteiger charge is 2.28. The molecule has 17 heavy (non-hydrogen) atoms.